The molecule has 112 valence electrons. The van der Waals surface area contributed by atoms with Crippen LogP contribution in [0.5, 0.6) is 0 Å². The minimum absolute atomic E-state index is 0.239. The summed E-state index contributed by atoms with van der Waals surface area (Å²) in [5.41, 5.74) is 2.00. The summed E-state index contributed by atoms with van der Waals surface area (Å²) in [6, 6.07) is 7.74. The number of halogens is 3. The zero-order chi connectivity index (χ0) is 14.6. The van der Waals surface area contributed by atoms with Crippen molar-refractivity contribution in [2.45, 2.75) is 12.7 Å². The Morgan fingerprint density at radius 1 is 1.05 bits per heavy atom. The molecule has 0 bridgehead atoms. The van der Waals surface area contributed by atoms with E-state index < -0.39 is 12.7 Å². The van der Waals surface area contributed by atoms with Crippen LogP contribution in [-0.4, -0.2) is 50.8 Å². The van der Waals surface area contributed by atoms with Gasteiger partial charge in [0.25, 0.3) is 0 Å². The fourth-order valence-electron chi connectivity index (χ4n) is 2.24. The third-order valence-electron chi connectivity index (χ3n) is 3.46. The van der Waals surface area contributed by atoms with E-state index in [4.69, 9.17) is 0 Å². The van der Waals surface area contributed by atoms with Crippen LogP contribution in [0.2, 0.25) is 0 Å². The van der Waals surface area contributed by atoms with Crippen LogP contribution in [0.4, 0.5) is 18.9 Å². The molecule has 1 fully saturated rings. The Morgan fingerprint density at radius 3 is 2.20 bits per heavy atom. The van der Waals surface area contributed by atoms with Gasteiger partial charge in [0, 0.05) is 38.4 Å². The van der Waals surface area contributed by atoms with E-state index in [-0.39, 0.29) is 6.54 Å². The number of rotatable bonds is 4. The van der Waals surface area contributed by atoms with Crippen molar-refractivity contribution in [1.29, 1.82) is 0 Å². The Kier molecular flexibility index (Phi) is 4.88. The second-order valence-electron chi connectivity index (χ2n) is 5.18. The number of nitrogens with zero attached hydrogens (tertiary/aromatic N) is 2. The molecular weight excluding hydrogens is 267 g/mol. The second kappa shape index (κ2) is 6.45. The summed E-state index contributed by atoms with van der Waals surface area (Å²) in [6.07, 6.45) is -4.15. The van der Waals surface area contributed by atoms with Crippen LogP contribution in [0.25, 0.3) is 0 Å². The number of hydrogen-bond acceptors (Lipinski definition) is 3. The van der Waals surface area contributed by atoms with E-state index in [0.29, 0.717) is 0 Å². The highest BCUT2D eigenvalue weighted by atomic mass is 19.4. The molecule has 20 heavy (non-hydrogen) atoms. The second-order valence-corrected chi connectivity index (χ2v) is 5.18. The topological polar surface area (TPSA) is 18.5 Å². The Morgan fingerprint density at radius 2 is 1.65 bits per heavy atom. The molecule has 1 heterocycles. The molecule has 0 aliphatic carbocycles. The van der Waals surface area contributed by atoms with Gasteiger partial charge in [-0.2, -0.15) is 13.2 Å². The largest absolute Gasteiger partial charge is 0.401 e. The lowest BCUT2D eigenvalue weighted by molar-refractivity contribution is -0.125. The summed E-state index contributed by atoms with van der Waals surface area (Å²) in [5.74, 6) is 0. The van der Waals surface area contributed by atoms with Gasteiger partial charge in [0.05, 0.1) is 6.54 Å². The van der Waals surface area contributed by atoms with Crippen molar-refractivity contribution in [1.82, 2.24) is 10.2 Å². The monoisotopic (exact) mass is 287 g/mol. The lowest BCUT2D eigenvalue weighted by atomic mass is 10.2. The van der Waals surface area contributed by atoms with Crippen molar-refractivity contribution in [3.05, 3.63) is 29.8 Å². The van der Waals surface area contributed by atoms with E-state index in [1.54, 1.807) is 0 Å². The summed E-state index contributed by atoms with van der Waals surface area (Å²) in [4.78, 5) is 4.58. The van der Waals surface area contributed by atoms with E-state index in [9.17, 15) is 13.2 Å². The number of hydrogen-bond donors (Lipinski definition) is 1. The van der Waals surface area contributed by atoms with Crippen LogP contribution >= 0.6 is 0 Å². The molecular formula is C14H20F3N3. The molecule has 1 aliphatic rings. The van der Waals surface area contributed by atoms with E-state index >= 15 is 0 Å². The lowest BCUT2D eigenvalue weighted by Crippen LogP contribution is -2.44. The highest BCUT2D eigenvalue weighted by Gasteiger charge is 2.26. The Labute approximate surface area is 117 Å². The van der Waals surface area contributed by atoms with Crippen molar-refractivity contribution < 1.29 is 13.2 Å². The lowest BCUT2D eigenvalue weighted by Gasteiger charge is -2.34. The number of nitrogens with one attached hydrogen (secondary N) is 1. The van der Waals surface area contributed by atoms with Crippen LogP contribution in [0.3, 0.4) is 0 Å². The molecule has 0 radical (unpaired) electrons. The third kappa shape index (κ3) is 4.68. The molecule has 2 rings (SSSR count). The minimum Gasteiger partial charge on any atom is -0.369 e. The summed E-state index contributed by atoms with van der Waals surface area (Å²) in [6.45, 7) is 3.34. The van der Waals surface area contributed by atoms with Gasteiger partial charge in [-0.3, -0.25) is 0 Å². The van der Waals surface area contributed by atoms with Gasteiger partial charge >= 0.3 is 6.18 Å². The highest BCUT2D eigenvalue weighted by molar-refractivity contribution is 5.48. The SMILES string of the molecule is CN1CCN(c2ccc(CNCC(F)(F)F)cc2)CC1. The minimum atomic E-state index is -4.15. The predicted molar refractivity (Wildman–Crippen MR) is 73.9 cm³/mol. The van der Waals surface area contributed by atoms with E-state index in [1.807, 2.05) is 24.3 Å². The van der Waals surface area contributed by atoms with Gasteiger partial charge in [-0.1, -0.05) is 12.1 Å². The molecule has 0 aromatic heterocycles. The molecule has 0 atom stereocenters. The van der Waals surface area contributed by atoms with Crippen LogP contribution in [-0.2, 0) is 6.54 Å². The molecule has 0 saturated carbocycles. The first kappa shape index (κ1) is 15.1. The molecule has 1 N–H and O–H groups in total. The number of likely N-dealkylation sites (N-methyl/N-ethyl adjacent to an activating group) is 1. The summed E-state index contributed by atoms with van der Waals surface area (Å²) < 4.78 is 36.1. The highest BCUT2D eigenvalue weighted by Crippen LogP contribution is 2.17. The first-order chi connectivity index (χ1) is 9.44. The van der Waals surface area contributed by atoms with Gasteiger partial charge < -0.3 is 15.1 Å². The summed E-state index contributed by atoms with van der Waals surface area (Å²) in [5, 5.41) is 2.40. The molecule has 1 aromatic rings. The molecule has 6 heteroatoms. The van der Waals surface area contributed by atoms with Crippen molar-refractivity contribution in [2.24, 2.45) is 0 Å². The van der Waals surface area contributed by atoms with Crippen LogP contribution < -0.4 is 10.2 Å². The van der Waals surface area contributed by atoms with E-state index in [2.05, 4.69) is 22.2 Å². The zero-order valence-electron chi connectivity index (χ0n) is 11.6. The quantitative estimate of drug-likeness (QED) is 0.915. The van der Waals surface area contributed by atoms with E-state index in [0.717, 1.165) is 37.4 Å². The summed E-state index contributed by atoms with van der Waals surface area (Å²) >= 11 is 0. The van der Waals surface area contributed by atoms with Gasteiger partial charge in [-0.05, 0) is 24.7 Å². The molecule has 1 aromatic carbocycles. The number of anilines is 1. The fraction of sp³-hybridized carbons (Fsp3) is 0.571. The third-order valence-corrected chi connectivity index (χ3v) is 3.46. The van der Waals surface area contributed by atoms with Crippen LogP contribution in [0, 0.1) is 0 Å². The average molecular weight is 287 g/mol. The Balaban J connectivity index is 1.83. The molecule has 1 aliphatic heterocycles. The van der Waals surface area contributed by atoms with E-state index in [1.165, 1.54) is 0 Å². The standard InChI is InChI=1S/C14H20F3N3/c1-19-6-8-20(9-7-19)13-4-2-12(3-5-13)10-18-11-14(15,16)17/h2-5,18H,6-11H2,1H3. The predicted octanol–water partition coefficient (Wildman–Crippen LogP) is 2.09. The number of alkyl halides is 3. The fourth-order valence-corrected chi connectivity index (χ4v) is 2.24. The summed E-state index contributed by atoms with van der Waals surface area (Å²) in [7, 11) is 2.10. The van der Waals surface area contributed by atoms with Gasteiger partial charge in [0.1, 0.15) is 0 Å². The van der Waals surface area contributed by atoms with Gasteiger partial charge in [0.15, 0.2) is 0 Å². The maximum absolute atomic E-state index is 12.0. The Hall–Kier alpha value is -1.27. The van der Waals surface area contributed by atoms with Crippen molar-refractivity contribution >= 4 is 5.69 Å². The van der Waals surface area contributed by atoms with Crippen LogP contribution in [0.1, 0.15) is 5.56 Å². The van der Waals surface area contributed by atoms with Crippen molar-refractivity contribution in [3.8, 4) is 0 Å². The normalized spacial score (nSPS) is 17.5. The maximum Gasteiger partial charge on any atom is 0.401 e. The molecule has 0 spiro atoms. The molecule has 3 nitrogen and oxygen atoms in total. The average Bonchev–Trinajstić information content (AvgIpc) is 2.39. The van der Waals surface area contributed by atoms with Gasteiger partial charge in [-0.15, -0.1) is 0 Å². The van der Waals surface area contributed by atoms with Crippen molar-refractivity contribution in [2.75, 3.05) is 44.7 Å². The molecule has 1 saturated heterocycles. The maximum atomic E-state index is 12.0. The number of piperazine rings is 1. The first-order valence-corrected chi connectivity index (χ1v) is 6.74. The van der Waals surface area contributed by atoms with Crippen LogP contribution in [0.15, 0.2) is 24.3 Å². The zero-order valence-corrected chi connectivity index (χ0v) is 11.6. The van der Waals surface area contributed by atoms with Gasteiger partial charge in [0.2, 0.25) is 0 Å². The molecule has 0 unspecified atom stereocenters. The Bertz CT molecular complexity index is 409. The first-order valence-electron chi connectivity index (χ1n) is 6.74. The van der Waals surface area contributed by atoms with Gasteiger partial charge in [-0.25, -0.2) is 0 Å². The smallest absolute Gasteiger partial charge is 0.369 e. The number of benzene rings is 1. The molecule has 0 amide bonds. The van der Waals surface area contributed by atoms with Crippen molar-refractivity contribution in [3.63, 3.8) is 0 Å².